The van der Waals surface area contributed by atoms with E-state index in [2.05, 4.69) is 4.98 Å². The molecular weight excluding hydrogens is 332 g/mol. The van der Waals surface area contributed by atoms with E-state index in [1.807, 2.05) is 32.9 Å². The zero-order valence-electron chi connectivity index (χ0n) is 15.6. The number of imide groups is 1. The first kappa shape index (κ1) is 17.9. The number of nitrogens with zero attached hydrogens (tertiary/aromatic N) is 2. The highest BCUT2D eigenvalue weighted by Crippen LogP contribution is 2.36. The molecule has 3 rings (SSSR count). The molecule has 0 spiro atoms. The van der Waals surface area contributed by atoms with E-state index in [0.717, 1.165) is 5.56 Å². The second kappa shape index (κ2) is 6.44. The first-order chi connectivity index (χ1) is 12.3. The fraction of sp³-hybridized carbons (Fsp3) is 0.350. The average Bonchev–Trinajstić information content (AvgIpc) is 2.86. The largest absolute Gasteiger partial charge is 0.495 e. The van der Waals surface area contributed by atoms with E-state index in [0.29, 0.717) is 28.2 Å². The van der Waals surface area contributed by atoms with Crippen LogP contribution in [0.1, 0.15) is 52.6 Å². The van der Waals surface area contributed by atoms with Gasteiger partial charge >= 0.3 is 0 Å². The summed E-state index contributed by atoms with van der Waals surface area (Å²) in [6, 6.07) is 5.43. The summed E-state index contributed by atoms with van der Waals surface area (Å²) in [5, 5.41) is 0. The zero-order valence-corrected chi connectivity index (χ0v) is 15.6. The lowest BCUT2D eigenvalue weighted by molar-refractivity contribution is 0.0639. The van der Waals surface area contributed by atoms with Crippen molar-refractivity contribution in [1.82, 2.24) is 9.88 Å². The Labute approximate surface area is 152 Å². The number of amides is 2. The monoisotopic (exact) mass is 354 g/mol. The van der Waals surface area contributed by atoms with Gasteiger partial charge in [0.2, 0.25) is 0 Å². The molecule has 1 aliphatic rings. The first-order valence-corrected chi connectivity index (χ1v) is 8.34. The van der Waals surface area contributed by atoms with Crippen LogP contribution in [-0.2, 0) is 12.0 Å². The Hall–Kier alpha value is -2.89. The van der Waals surface area contributed by atoms with Crippen LogP contribution in [0.3, 0.4) is 0 Å². The predicted octanol–water partition coefficient (Wildman–Crippen LogP) is 3.19. The minimum absolute atomic E-state index is 0.0603. The van der Waals surface area contributed by atoms with Crippen LogP contribution in [-0.4, -0.2) is 35.9 Å². The highest BCUT2D eigenvalue weighted by Gasteiger charge is 2.40. The topological polar surface area (TPSA) is 68.7 Å². The van der Waals surface area contributed by atoms with Crippen LogP contribution in [0.5, 0.6) is 11.5 Å². The average molecular weight is 354 g/mol. The number of ether oxygens (including phenoxy) is 2. The molecule has 2 heterocycles. The van der Waals surface area contributed by atoms with Gasteiger partial charge in [-0.25, -0.2) is 0 Å². The van der Waals surface area contributed by atoms with E-state index >= 15 is 0 Å². The Morgan fingerprint density at radius 3 is 2.15 bits per heavy atom. The van der Waals surface area contributed by atoms with Crippen molar-refractivity contribution < 1.29 is 19.1 Å². The second-order valence-corrected chi connectivity index (χ2v) is 7.20. The predicted molar refractivity (Wildman–Crippen MR) is 96.7 cm³/mol. The molecule has 1 aromatic heterocycles. The summed E-state index contributed by atoms with van der Waals surface area (Å²) in [6.45, 7) is 6.14. The molecule has 6 heteroatoms. The van der Waals surface area contributed by atoms with Gasteiger partial charge in [0.25, 0.3) is 11.8 Å². The summed E-state index contributed by atoms with van der Waals surface area (Å²) < 4.78 is 10.7. The fourth-order valence-electron chi connectivity index (χ4n) is 3.22. The fourth-order valence-corrected chi connectivity index (χ4v) is 3.22. The molecule has 0 fully saturated rings. The lowest BCUT2D eigenvalue weighted by Crippen LogP contribution is -2.30. The number of hydrogen-bond donors (Lipinski definition) is 0. The van der Waals surface area contributed by atoms with Gasteiger partial charge in [0.05, 0.1) is 49.8 Å². The van der Waals surface area contributed by atoms with Crippen LogP contribution in [0.25, 0.3) is 0 Å². The molecule has 0 unspecified atom stereocenters. The maximum absolute atomic E-state index is 13.1. The van der Waals surface area contributed by atoms with Crippen molar-refractivity contribution >= 4 is 11.8 Å². The van der Waals surface area contributed by atoms with Crippen LogP contribution in [0.2, 0.25) is 0 Å². The summed E-state index contributed by atoms with van der Waals surface area (Å²) >= 11 is 0. The van der Waals surface area contributed by atoms with E-state index < -0.39 is 0 Å². The number of pyridine rings is 1. The van der Waals surface area contributed by atoms with Crippen LogP contribution >= 0.6 is 0 Å². The van der Waals surface area contributed by atoms with Crippen molar-refractivity contribution in [2.45, 2.75) is 32.7 Å². The quantitative estimate of drug-likeness (QED) is 0.789. The van der Waals surface area contributed by atoms with E-state index in [9.17, 15) is 9.59 Å². The molecule has 1 aromatic carbocycles. The van der Waals surface area contributed by atoms with Crippen molar-refractivity contribution in [3.63, 3.8) is 0 Å². The summed E-state index contributed by atoms with van der Waals surface area (Å²) in [5.74, 6) is 0.336. The standard InChI is InChI=1S/C20H22N2O4/c1-20(2,3)14-8-6-7-12-17(14)19(24)22(18(12)23)11-13-15(25-4)9-21-10-16(13)26-5/h6-10H,11H2,1-5H3. The molecule has 0 atom stereocenters. The van der Waals surface area contributed by atoms with Gasteiger partial charge in [-0.2, -0.15) is 0 Å². The van der Waals surface area contributed by atoms with Crippen molar-refractivity contribution in [1.29, 1.82) is 0 Å². The van der Waals surface area contributed by atoms with E-state index in [-0.39, 0.29) is 23.8 Å². The number of benzene rings is 1. The smallest absolute Gasteiger partial charge is 0.262 e. The van der Waals surface area contributed by atoms with Gasteiger partial charge in [-0.3, -0.25) is 19.5 Å². The molecule has 26 heavy (non-hydrogen) atoms. The molecule has 0 radical (unpaired) electrons. The molecule has 0 saturated heterocycles. The van der Waals surface area contributed by atoms with Crippen molar-refractivity contribution in [3.8, 4) is 11.5 Å². The molecule has 0 aliphatic carbocycles. The lowest BCUT2D eigenvalue weighted by Gasteiger charge is -2.22. The lowest BCUT2D eigenvalue weighted by atomic mass is 9.82. The normalized spacial score (nSPS) is 13.8. The van der Waals surface area contributed by atoms with Crippen LogP contribution in [0.15, 0.2) is 30.6 Å². The van der Waals surface area contributed by atoms with Crippen molar-refractivity contribution in [2.75, 3.05) is 14.2 Å². The minimum atomic E-state index is -0.308. The van der Waals surface area contributed by atoms with E-state index in [1.54, 1.807) is 6.07 Å². The van der Waals surface area contributed by atoms with Crippen LogP contribution < -0.4 is 9.47 Å². The van der Waals surface area contributed by atoms with Gasteiger partial charge in [-0.15, -0.1) is 0 Å². The van der Waals surface area contributed by atoms with Crippen molar-refractivity contribution in [2.24, 2.45) is 0 Å². The number of methoxy groups -OCH3 is 2. The number of carbonyl (C=O) groups excluding carboxylic acids is 2. The van der Waals surface area contributed by atoms with Crippen LogP contribution in [0.4, 0.5) is 0 Å². The Morgan fingerprint density at radius 2 is 1.62 bits per heavy atom. The minimum Gasteiger partial charge on any atom is -0.495 e. The number of rotatable bonds is 4. The highest BCUT2D eigenvalue weighted by molar-refractivity contribution is 6.22. The third kappa shape index (κ3) is 2.81. The van der Waals surface area contributed by atoms with Gasteiger partial charge in [0, 0.05) is 0 Å². The Balaban J connectivity index is 2.06. The van der Waals surface area contributed by atoms with E-state index in [4.69, 9.17) is 9.47 Å². The maximum atomic E-state index is 13.1. The van der Waals surface area contributed by atoms with Gasteiger partial charge < -0.3 is 9.47 Å². The molecule has 2 amide bonds. The SMILES string of the molecule is COc1cncc(OC)c1CN1C(=O)c2cccc(C(C)(C)C)c2C1=O. The Morgan fingerprint density at radius 1 is 1.00 bits per heavy atom. The molecule has 0 saturated carbocycles. The Kier molecular flexibility index (Phi) is 4.44. The van der Waals surface area contributed by atoms with Gasteiger partial charge in [-0.05, 0) is 17.0 Å². The summed E-state index contributed by atoms with van der Waals surface area (Å²) in [5.41, 5.74) is 2.15. The molecule has 2 aromatic rings. The molecule has 0 N–H and O–H groups in total. The molecule has 0 bridgehead atoms. The summed E-state index contributed by atoms with van der Waals surface area (Å²) in [7, 11) is 3.03. The number of hydrogen-bond acceptors (Lipinski definition) is 5. The van der Waals surface area contributed by atoms with E-state index in [1.165, 1.54) is 31.5 Å². The van der Waals surface area contributed by atoms with Gasteiger partial charge in [-0.1, -0.05) is 32.9 Å². The number of carbonyl (C=O) groups is 2. The maximum Gasteiger partial charge on any atom is 0.262 e. The van der Waals surface area contributed by atoms with Gasteiger partial charge in [0.15, 0.2) is 0 Å². The number of aromatic nitrogens is 1. The molecule has 1 aliphatic heterocycles. The molecule has 6 nitrogen and oxygen atoms in total. The van der Waals surface area contributed by atoms with Crippen LogP contribution in [0, 0.1) is 0 Å². The Bertz CT molecular complexity index is 862. The second-order valence-electron chi connectivity index (χ2n) is 7.20. The summed E-state index contributed by atoms with van der Waals surface area (Å²) in [6.07, 6.45) is 3.08. The third-order valence-electron chi connectivity index (χ3n) is 4.54. The third-order valence-corrected chi connectivity index (χ3v) is 4.54. The van der Waals surface area contributed by atoms with Crippen molar-refractivity contribution in [3.05, 3.63) is 52.8 Å². The number of fused-ring (bicyclic) bond motifs is 1. The van der Waals surface area contributed by atoms with Gasteiger partial charge in [0.1, 0.15) is 11.5 Å². The summed E-state index contributed by atoms with van der Waals surface area (Å²) in [4.78, 5) is 31.3. The highest BCUT2D eigenvalue weighted by atomic mass is 16.5. The zero-order chi connectivity index (χ0) is 19.1. The molecule has 136 valence electrons. The molecular formula is C20H22N2O4. The first-order valence-electron chi connectivity index (χ1n) is 8.34.